The lowest BCUT2D eigenvalue weighted by Crippen LogP contribution is -2.28. The van der Waals surface area contributed by atoms with Crippen molar-refractivity contribution in [3.63, 3.8) is 0 Å². The molecule has 202 valence electrons. The Bertz CT molecular complexity index is 1490. The van der Waals surface area contributed by atoms with E-state index in [9.17, 15) is 9.65 Å². The normalized spacial score (nSPS) is 17.1. The average molecular weight is 524 g/mol. The Kier molecular flexibility index (Phi) is 7.62. The molecule has 2 heterocycles. The lowest BCUT2D eigenvalue weighted by molar-refractivity contribution is -0.0136. The predicted octanol–water partition coefficient (Wildman–Crippen LogP) is 7.59. The highest BCUT2D eigenvalue weighted by atomic mass is 19.1. The van der Waals surface area contributed by atoms with E-state index in [4.69, 9.17) is 4.74 Å². The van der Waals surface area contributed by atoms with Crippen LogP contribution in [-0.2, 0) is 28.8 Å². The highest BCUT2D eigenvalue weighted by Gasteiger charge is 2.41. The summed E-state index contributed by atoms with van der Waals surface area (Å²) < 4.78 is 20.2. The molecule has 1 aromatic heterocycles. The van der Waals surface area contributed by atoms with Gasteiger partial charge in [0.15, 0.2) is 0 Å². The minimum Gasteiger partial charge on any atom is -0.361 e. The molecule has 3 aromatic carbocycles. The van der Waals surface area contributed by atoms with Crippen LogP contribution in [0.1, 0.15) is 73.4 Å². The summed E-state index contributed by atoms with van der Waals surface area (Å²) in [4.78, 5) is 5.84. The van der Waals surface area contributed by atoms with Gasteiger partial charge in [0.2, 0.25) is 0 Å². The number of unbranched alkanes of at least 4 members (excludes halogenated alkanes) is 1. The summed E-state index contributed by atoms with van der Waals surface area (Å²) in [6, 6.07) is 21.5. The Morgan fingerprint density at radius 2 is 1.82 bits per heavy atom. The SMILES string of the molecule is CN(CCCCC1(c2ccc(F)cc2)OCc2cc(C#N)ccc21)CCc1c[nH]c2ccc(C(C)(C)C)cc12. The fourth-order valence-corrected chi connectivity index (χ4v) is 5.80. The molecule has 0 saturated carbocycles. The Hall–Kier alpha value is -3.46. The molecular formula is C34H38FN3O. The van der Waals surface area contributed by atoms with Crippen LogP contribution in [0, 0.1) is 17.1 Å². The van der Waals surface area contributed by atoms with Crippen LogP contribution in [0.2, 0.25) is 0 Å². The second-order valence-electron chi connectivity index (χ2n) is 11.9. The molecular weight excluding hydrogens is 485 g/mol. The summed E-state index contributed by atoms with van der Waals surface area (Å²) in [6.45, 7) is 9.22. The van der Waals surface area contributed by atoms with Crippen LogP contribution >= 0.6 is 0 Å². The summed E-state index contributed by atoms with van der Waals surface area (Å²) in [5, 5.41) is 10.7. The number of H-pyrrole nitrogens is 1. The van der Waals surface area contributed by atoms with E-state index in [0.29, 0.717) is 12.2 Å². The number of fused-ring (bicyclic) bond motifs is 2. The van der Waals surface area contributed by atoms with Gasteiger partial charge in [-0.2, -0.15) is 5.26 Å². The minimum atomic E-state index is -0.607. The fourth-order valence-electron chi connectivity index (χ4n) is 5.80. The lowest BCUT2D eigenvalue weighted by Gasteiger charge is -2.31. The number of nitrogens with zero attached hydrogens (tertiary/aromatic N) is 2. The van der Waals surface area contributed by atoms with Gasteiger partial charge in [0, 0.05) is 23.6 Å². The zero-order valence-corrected chi connectivity index (χ0v) is 23.5. The summed E-state index contributed by atoms with van der Waals surface area (Å²) in [5.41, 5.74) is 7.19. The summed E-state index contributed by atoms with van der Waals surface area (Å²) in [5.74, 6) is -0.251. The summed E-state index contributed by atoms with van der Waals surface area (Å²) in [7, 11) is 2.19. The Labute approximate surface area is 231 Å². The van der Waals surface area contributed by atoms with Gasteiger partial charge < -0.3 is 14.6 Å². The zero-order valence-electron chi connectivity index (χ0n) is 23.5. The number of halogens is 1. The van der Waals surface area contributed by atoms with E-state index in [0.717, 1.165) is 55.5 Å². The third-order valence-electron chi connectivity index (χ3n) is 8.17. The monoisotopic (exact) mass is 523 g/mol. The Morgan fingerprint density at radius 3 is 2.56 bits per heavy atom. The van der Waals surface area contributed by atoms with E-state index >= 15 is 0 Å². The maximum absolute atomic E-state index is 13.7. The van der Waals surface area contributed by atoms with Gasteiger partial charge in [0.05, 0.1) is 18.2 Å². The van der Waals surface area contributed by atoms with Gasteiger partial charge in [-0.3, -0.25) is 0 Å². The molecule has 0 saturated heterocycles. The van der Waals surface area contributed by atoms with Gasteiger partial charge >= 0.3 is 0 Å². The summed E-state index contributed by atoms with van der Waals surface area (Å²) >= 11 is 0. The van der Waals surface area contributed by atoms with Crippen molar-refractivity contribution in [2.45, 2.75) is 64.1 Å². The van der Waals surface area contributed by atoms with Crippen molar-refractivity contribution >= 4 is 10.9 Å². The molecule has 1 N–H and O–H groups in total. The van der Waals surface area contributed by atoms with E-state index < -0.39 is 5.60 Å². The third kappa shape index (κ3) is 5.64. The van der Waals surface area contributed by atoms with Crippen LogP contribution in [0.3, 0.4) is 0 Å². The van der Waals surface area contributed by atoms with E-state index in [2.05, 4.69) is 68.2 Å². The number of likely N-dealkylation sites (N-methyl/N-ethyl adjacent to an activating group) is 1. The maximum Gasteiger partial charge on any atom is 0.123 e. The molecule has 0 bridgehead atoms. The van der Waals surface area contributed by atoms with Crippen LogP contribution in [-0.4, -0.2) is 30.0 Å². The van der Waals surface area contributed by atoms with Crippen LogP contribution in [0.5, 0.6) is 0 Å². The third-order valence-corrected chi connectivity index (χ3v) is 8.17. The van der Waals surface area contributed by atoms with E-state index in [1.165, 1.54) is 34.2 Å². The zero-order chi connectivity index (χ0) is 27.6. The molecule has 1 aliphatic heterocycles. The van der Waals surface area contributed by atoms with E-state index in [-0.39, 0.29) is 11.2 Å². The van der Waals surface area contributed by atoms with Crippen molar-refractivity contribution in [1.82, 2.24) is 9.88 Å². The molecule has 0 amide bonds. The van der Waals surface area contributed by atoms with Crippen molar-refractivity contribution in [3.05, 3.63) is 106 Å². The van der Waals surface area contributed by atoms with E-state index in [1.54, 1.807) is 0 Å². The van der Waals surface area contributed by atoms with Gasteiger partial charge in [0.25, 0.3) is 0 Å². The maximum atomic E-state index is 13.7. The average Bonchev–Trinajstić information content (AvgIpc) is 3.51. The van der Waals surface area contributed by atoms with Crippen LogP contribution < -0.4 is 0 Å². The van der Waals surface area contributed by atoms with Gasteiger partial charge in [0.1, 0.15) is 11.4 Å². The molecule has 4 aromatic rings. The number of aromatic nitrogens is 1. The van der Waals surface area contributed by atoms with Crippen LogP contribution in [0.4, 0.5) is 4.39 Å². The number of hydrogen-bond donors (Lipinski definition) is 1. The van der Waals surface area contributed by atoms with Crippen LogP contribution in [0.15, 0.2) is 66.9 Å². The van der Waals surface area contributed by atoms with Crippen molar-refractivity contribution in [2.24, 2.45) is 0 Å². The Balaban J connectivity index is 1.22. The molecule has 1 atom stereocenters. The topological polar surface area (TPSA) is 52.0 Å². The first-order valence-corrected chi connectivity index (χ1v) is 13.9. The molecule has 1 unspecified atom stereocenters. The summed E-state index contributed by atoms with van der Waals surface area (Å²) in [6.07, 6.45) is 5.98. The quantitative estimate of drug-likeness (QED) is 0.230. The van der Waals surface area contributed by atoms with Gasteiger partial charge in [-0.05, 0) is 109 Å². The molecule has 5 heteroatoms. The molecule has 0 spiro atoms. The minimum absolute atomic E-state index is 0.131. The number of benzene rings is 3. The molecule has 39 heavy (non-hydrogen) atoms. The van der Waals surface area contributed by atoms with E-state index in [1.807, 2.05) is 30.3 Å². The molecule has 5 rings (SSSR count). The standard InChI is InChI=1S/C34H38FN3O/c1-33(2,3)28-10-14-32-30(20-28)25(22-37-32)15-18-38(4)17-6-5-16-34(27-8-11-29(35)12-9-27)31-13-7-24(21-36)19-26(31)23-39-34/h7-14,19-20,22,37H,5-6,15-18,23H2,1-4H3. The first-order valence-electron chi connectivity index (χ1n) is 13.9. The predicted molar refractivity (Wildman–Crippen MR) is 155 cm³/mol. The molecule has 4 nitrogen and oxygen atoms in total. The Morgan fingerprint density at radius 1 is 1.03 bits per heavy atom. The number of nitrogens with one attached hydrogen (secondary N) is 1. The number of rotatable bonds is 9. The largest absolute Gasteiger partial charge is 0.361 e. The van der Waals surface area contributed by atoms with Crippen molar-refractivity contribution in [2.75, 3.05) is 20.1 Å². The first kappa shape index (κ1) is 27.1. The highest BCUT2D eigenvalue weighted by Crippen LogP contribution is 2.45. The number of nitriles is 1. The number of ether oxygens (including phenoxy) is 1. The van der Waals surface area contributed by atoms with Gasteiger partial charge in [-0.15, -0.1) is 0 Å². The fraction of sp³-hybridized carbons (Fsp3) is 0.382. The number of hydrogen-bond acceptors (Lipinski definition) is 3. The number of aromatic amines is 1. The second kappa shape index (κ2) is 11.0. The van der Waals surface area contributed by atoms with Gasteiger partial charge in [-0.25, -0.2) is 4.39 Å². The molecule has 0 fully saturated rings. The molecule has 0 radical (unpaired) electrons. The van der Waals surface area contributed by atoms with Crippen molar-refractivity contribution < 1.29 is 9.13 Å². The second-order valence-corrected chi connectivity index (χ2v) is 11.9. The first-order chi connectivity index (χ1) is 18.7. The van der Waals surface area contributed by atoms with Crippen LogP contribution in [0.25, 0.3) is 10.9 Å². The van der Waals surface area contributed by atoms with Gasteiger partial charge in [-0.1, -0.05) is 45.0 Å². The van der Waals surface area contributed by atoms with Crippen molar-refractivity contribution in [3.8, 4) is 6.07 Å². The van der Waals surface area contributed by atoms with Crippen molar-refractivity contribution in [1.29, 1.82) is 5.26 Å². The molecule has 0 aliphatic carbocycles. The molecule has 1 aliphatic rings. The highest BCUT2D eigenvalue weighted by molar-refractivity contribution is 5.84. The lowest BCUT2D eigenvalue weighted by atomic mass is 9.81. The smallest absolute Gasteiger partial charge is 0.123 e.